The summed E-state index contributed by atoms with van der Waals surface area (Å²) in [5, 5.41) is 0. The van der Waals surface area contributed by atoms with Crippen LogP contribution < -0.4 is 9.62 Å². The predicted molar refractivity (Wildman–Crippen MR) is 94.9 cm³/mol. The quantitative estimate of drug-likeness (QED) is 0.931. The molecule has 0 bridgehead atoms. The summed E-state index contributed by atoms with van der Waals surface area (Å²) in [7, 11) is -3.67. The Bertz CT molecular complexity index is 920. The molecule has 1 aliphatic heterocycles. The topological polar surface area (TPSA) is 66.5 Å². The monoisotopic (exact) mass is 344 g/mol. The van der Waals surface area contributed by atoms with E-state index in [0.29, 0.717) is 18.7 Å². The average molecular weight is 344 g/mol. The molecule has 0 saturated carbocycles. The molecule has 0 radical (unpaired) electrons. The number of hydrogen-bond acceptors (Lipinski definition) is 3. The van der Waals surface area contributed by atoms with E-state index in [1.807, 2.05) is 32.0 Å². The van der Waals surface area contributed by atoms with Gasteiger partial charge in [0.05, 0.1) is 10.6 Å². The van der Waals surface area contributed by atoms with Crippen LogP contribution in [0.15, 0.2) is 41.3 Å². The fraction of sp³-hybridized carbons (Fsp3) is 0.278. The second kappa shape index (κ2) is 5.94. The number of carbonyl (C=O) groups excluding carboxylic acids is 1. The van der Waals surface area contributed by atoms with E-state index < -0.39 is 10.0 Å². The maximum atomic E-state index is 12.7. The van der Waals surface area contributed by atoms with Crippen molar-refractivity contribution < 1.29 is 13.2 Å². The van der Waals surface area contributed by atoms with Crippen molar-refractivity contribution in [1.29, 1.82) is 0 Å². The molecule has 0 aromatic heterocycles. The van der Waals surface area contributed by atoms with Crippen molar-refractivity contribution in [3.05, 3.63) is 53.1 Å². The van der Waals surface area contributed by atoms with Crippen LogP contribution in [0.4, 0.5) is 11.4 Å². The molecule has 1 heterocycles. The maximum absolute atomic E-state index is 12.7. The van der Waals surface area contributed by atoms with Gasteiger partial charge in [-0.15, -0.1) is 0 Å². The highest BCUT2D eigenvalue weighted by molar-refractivity contribution is 7.92. The van der Waals surface area contributed by atoms with E-state index in [0.717, 1.165) is 22.4 Å². The Kier molecular flexibility index (Phi) is 4.09. The fourth-order valence-electron chi connectivity index (χ4n) is 2.92. The fourth-order valence-corrected chi connectivity index (χ4v) is 4.09. The van der Waals surface area contributed by atoms with Crippen LogP contribution in [0.3, 0.4) is 0 Å². The van der Waals surface area contributed by atoms with Crippen LogP contribution in [0, 0.1) is 13.8 Å². The minimum Gasteiger partial charge on any atom is -0.312 e. The molecule has 0 atom stereocenters. The molecule has 1 amide bonds. The van der Waals surface area contributed by atoms with Gasteiger partial charge in [-0.2, -0.15) is 0 Å². The number of amides is 1. The Morgan fingerprint density at radius 1 is 1.12 bits per heavy atom. The smallest absolute Gasteiger partial charge is 0.261 e. The molecule has 0 unspecified atom stereocenters. The van der Waals surface area contributed by atoms with Gasteiger partial charge in [-0.25, -0.2) is 8.42 Å². The second-order valence-electron chi connectivity index (χ2n) is 6.14. The number of rotatable bonds is 3. The lowest BCUT2D eigenvalue weighted by Gasteiger charge is -2.15. The summed E-state index contributed by atoms with van der Waals surface area (Å²) in [6.07, 6.45) is 0.668. The van der Waals surface area contributed by atoms with Gasteiger partial charge in [-0.1, -0.05) is 12.1 Å². The molecule has 24 heavy (non-hydrogen) atoms. The molecule has 1 aliphatic rings. The zero-order valence-electron chi connectivity index (χ0n) is 14.0. The molecule has 0 fully saturated rings. The third-order valence-corrected chi connectivity index (χ3v) is 5.64. The van der Waals surface area contributed by atoms with Gasteiger partial charge in [0.15, 0.2) is 0 Å². The van der Waals surface area contributed by atoms with E-state index in [2.05, 4.69) is 4.72 Å². The number of fused-ring (bicyclic) bond motifs is 1. The number of carbonyl (C=O) groups is 1. The predicted octanol–water partition coefficient (Wildman–Crippen LogP) is 3.01. The number of nitrogens with zero attached hydrogens (tertiary/aromatic N) is 1. The Morgan fingerprint density at radius 2 is 1.88 bits per heavy atom. The van der Waals surface area contributed by atoms with E-state index in [-0.39, 0.29) is 10.8 Å². The number of benzene rings is 2. The summed E-state index contributed by atoms with van der Waals surface area (Å²) in [4.78, 5) is 13.5. The number of nitrogens with one attached hydrogen (secondary N) is 1. The van der Waals surface area contributed by atoms with E-state index in [9.17, 15) is 13.2 Å². The molecule has 1 N–H and O–H groups in total. The zero-order valence-corrected chi connectivity index (χ0v) is 14.8. The molecule has 126 valence electrons. The van der Waals surface area contributed by atoms with Crippen LogP contribution in [-0.4, -0.2) is 20.9 Å². The standard InChI is InChI=1S/C18H20N2O3S/c1-12-4-5-13(2)17(10-12)19-24(22,23)16-6-7-18-15(11-16)8-9-20(18)14(3)21/h4-7,10-11,19H,8-9H2,1-3H3. The first-order valence-electron chi connectivity index (χ1n) is 7.79. The van der Waals surface area contributed by atoms with Crippen LogP contribution in [0.2, 0.25) is 0 Å². The van der Waals surface area contributed by atoms with Crippen LogP contribution >= 0.6 is 0 Å². The van der Waals surface area contributed by atoms with Gasteiger partial charge in [0.25, 0.3) is 10.0 Å². The number of hydrogen-bond donors (Lipinski definition) is 1. The van der Waals surface area contributed by atoms with Crippen LogP contribution in [-0.2, 0) is 21.2 Å². The second-order valence-corrected chi connectivity index (χ2v) is 7.82. The Hall–Kier alpha value is -2.34. The van der Waals surface area contributed by atoms with E-state index in [1.165, 1.54) is 6.92 Å². The molecule has 2 aromatic carbocycles. The molecule has 0 spiro atoms. The summed E-state index contributed by atoms with van der Waals surface area (Å²) in [6.45, 7) is 5.90. The minimum absolute atomic E-state index is 0.0298. The maximum Gasteiger partial charge on any atom is 0.261 e. The molecule has 0 aliphatic carbocycles. The van der Waals surface area contributed by atoms with Crippen LogP contribution in [0.25, 0.3) is 0 Å². The van der Waals surface area contributed by atoms with Crippen molar-refractivity contribution in [2.45, 2.75) is 32.1 Å². The molecule has 6 heteroatoms. The highest BCUT2D eigenvalue weighted by atomic mass is 32.2. The summed E-state index contributed by atoms with van der Waals surface area (Å²) in [6, 6.07) is 10.6. The molecule has 2 aromatic rings. The van der Waals surface area contributed by atoms with Crippen LogP contribution in [0.1, 0.15) is 23.6 Å². The van der Waals surface area contributed by atoms with E-state index in [1.54, 1.807) is 23.1 Å². The van der Waals surface area contributed by atoms with Crippen LogP contribution in [0.5, 0.6) is 0 Å². The van der Waals surface area contributed by atoms with Crippen molar-refractivity contribution in [3.63, 3.8) is 0 Å². The summed E-state index contributed by atoms with van der Waals surface area (Å²) in [5.41, 5.74) is 4.13. The Morgan fingerprint density at radius 3 is 2.58 bits per heavy atom. The first-order chi connectivity index (χ1) is 11.3. The molecular weight excluding hydrogens is 324 g/mol. The van der Waals surface area contributed by atoms with Gasteiger partial charge in [-0.3, -0.25) is 9.52 Å². The largest absolute Gasteiger partial charge is 0.312 e. The molecule has 3 rings (SSSR count). The van der Waals surface area contributed by atoms with Gasteiger partial charge in [-0.05, 0) is 61.2 Å². The summed E-state index contributed by atoms with van der Waals surface area (Å²) < 4.78 is 28.0. The van der Waals surface area contributed by atoms with Gasteiger partial charge < -0.3 is 4.90 Å². The number of anilines is 2. The SMILES string of the molecule is CC(=O)N1CCc2cc(S(=O)(=O)Nc3cc(C)ccc3C)ccc21. The summed E-state index contributed by atoms with van der Waals surface area (Å²) in [5.74, 6) is -0.0298. The lowest BCUT2D eigenvalue weighted by molar-refractivity contribution is -0.116. The molecule has 0 saturated heterocycles. The highest BCUT2D eigenvalue weighted by Gasteiger charge is 2.25. The first-order valence-corrected chi connectivity index (χ1v) is 9.27. The van der Waals surface area contributed by atoms with Crippen molar-refractivity contribution in [3.8, 4) is 0 Å². The molecular formula is C18H20N2O3S. The van der Waals surface area contributed by atoms with E-state index >= 15 is 0 Å². The van der Waals surface area contributed by atoms with Gasteiger partial charge in [0, 0.05) is 19.2 Å². The van der Waals surface area contributed by atoms with Crippen molar-refractivity contribution in [2.75, 3.05) is 16.2 Å². The van der Waals surface area contributed by atoms with Crippen molar-refractivity contribution in [2.24, 2.45) is 0 Å². The normalized spacial score (nSPS) is 13.7. The highest BCUT2D eigenvalue weighted by Crippen LogP contribution is 2.31. The van der Waals surface area contributed by atoms with E-state index in [4.69, 9.17) is 0 Å². The number of sulfonamides is 1. The van der Waals surface area contributed by atoms with Gasteiger partial charge in [0.2, 0.25) is 5.91 Å². The average Bonchev–Trinajstić information content (AvgIpc) is 2.94. The van der Waals surface area contributed by atoms with Crippen molar-refractivity contribution >= 4 is 27.3 Å². The lowest BCUT2D eigenvalue weighted by atomic mass is 10.1. The Balaban J connectivity index is 1.94. The Labute approximate surface area is 142 Å². The lowest BCUT2D eigenvalue weighted by Crippen LogP contribution is -2.25. The molecule has 5 nitrogen and oxygen atoms in total. The first kappa shape index (κ1) is 16.5. The minimum atomic E-state index is -3.67. The van der Waals surface area contributed by atoms with Gasteiger partial charge in [0.1, 0.15) is 0 Å². The van der Waals surface area contributed by atoms with Gasteiger partial charge >= 0.3 is 0 Å². The van der Waals surface area contributed by atoms with Crippen molar-refractivity contribution in [1.82, 2.24) is 0 Å². The summed E-state index contributed by atoms with van der Waals surface area (Å²) >= 11 is 0. The third kappa shape index (κ3) is 3.01. The zero-order chi connectivity index (χ0) is 17.5. The third-order valence-electron chi connectivity index (χ3n) is 4.27. The number of aryl methyl sites for hydroxylation is 2.